The van der Waals surface area contributed by atoms with Gasteiger partial charge in [-0.1, -0.05) is 71.2 Å². The van der Waals surface area contributed by atoms with Crippen LogP contribution in [0.4, 0.5) is 5.69 Å². The van der Waals surface area contributed by atoms with Gasteiger partial charge in [0.05, 0.1) is 20.8 Å². The summed E-state index contributed by atoms with van der Waals surface area (Å²) >= 11 is 18.1. The van der Waals surface area contributed by atoms with E-state index >= 15 is 0 Å². The van der Waals surface area contributed by atoms with Crippen LogP contribution in [0.3, 0.4) is 0 Å². The van der Waals surface area contributed by atoms with Crippen LogP contribution >= 0.6 is 34.8 Å². The fourth-order valence-electron chi connectivity index (χ4n) is 3.52. The third-order valence-corrected chi connectivity index (χ3v) is 6.13. The Morgan fingerprint density at radius 1 is 0.897 bits per heavy atom. The number of anilines is 1. The zero-order chi connectivity index (χ0) is 20.4. The maximum absolute atomic E-state index is 12.5. The first kappa shape index (κ1) is 20.2. The summed E-state index contributed by atoms with van der Waals surface area (Å²) in [5.74, 6) is -0.247. The van der Waals surface area contributed by atoms with Gasteiger partial charge < -0.3 is 5.32 Å². The van der Waals surface area contributed by atoms with Crippen molar-refractivity contribution in [1.82, 2.24) is 4.90 Å². The second kappa shape index (κ2) is 8.76. The largest absolute Gasteiger partial charge is 0.321 e. The molecule has 1 amide bonds. The van der Waals surface area contributed by atoms with Crippen LogP contribution in [0, 0.1) is 0 Å². The van der Waals surface area contributed by atoms with Gasteiger partial charge in [-0.2, -0.15) is 0 Å². The summed E-state index contributed by atoms with van der Waals surface area (Å²) in [6.07, 6.45) is 1.07. The van der Waals surface area contributed by atoms with E-state index in [0.717, 1.165) is 26.1 Å². The molecule has 0 radical (unpaired) electrons. The molecule has 0 fully saturated rings. The predicted octanol–water partition coefficient (Wildman–Crippen LogP) is 6.46. The SMILES string of the molecule is O=C(Nc1cc(Cl)c(Cl)cc1Cl)c1ccc(CN2CCc3ccccc3C2)cc1. The average Bonchev–Trinajstić information content (AvgIpc) is 2.72. The van der Waals surface area contributed by atoms with Crippen molar-refractivity contribution in [3.63, 3.8) is 0 Å². The summed E-state index contributed by atoms with van der Waals surface area (Å²) in [6.45, 7) is 2.85. The van der Waals surface area contributed by atoms with Gasteiger partial charge in [0.25, 0.3) is 5.91 Å². The molecule has 29 heavy (non-hydrogen) atoms. The Morgan fingerprint density at radius 2 is 1.59 bits per heavy atom. The van der Waals surface area contributed by atoms with E-state index in [-0.39, 0.29) is 5.91 Å². The third kappa shape index (κ3) is 4.76. The zero-order valence-electron chi connectivity index (χ0n) is 15.6. The summed E-state index contributed by atoms with van der Waals surface area (Å²) in [5, 5.41) is 3.81. The van der Waals surface area contributed by atoms with Crippen molar-refractivity contribution >= 4 is 46.4 Å². The molecule has 1 heterocycles. The number of nitrogens with zero attached hydrogens (tertiary/aromatic N) is 1. The van der Waals surface area contributed by atoms with E-state index in [0.29, 0.717) is 26.3 Å². The highest BCUT2D eigenvalue weighted by Crippen LogP contribution is 2.32. The van der Waals surface area contributed by atoms with Crippen LogP contribution < -0.4 is 5.32 Å². The lowest BCUT2D eigenvalue weighted by molar-refractivity contribution is 0.102. The molecule has 4 rings (SSSR count). The van der Waals surface area contributed by atoms with E-state index in [1.54, 1.807) is 6.07 Å². The highest BCUT2D eigenvalue weighted by Gasteiger charge is 2.16. The molecule has 1 aliphatic heterocycles. The number of benzene rings is 3. The monoisotopic (exact) mass is 444 g/mol. The van der Waals surface area contributed by atoms with Gasteiger partial charge in [-0.3, -0.25) is 9.69 Å². The van der Waals surface area contributed by atoms with Crippen LogP contribution in [-0.2, 0) is 19.5 Å². The minimum atomic E-state index is -0.247. The van der Waals surface area contributed by atoms with Gasteiger partial charge in [-0.15, -0.1) is 0 Å². The van der Waals surface area contributed by atoms with E-state index in [1.807, 2.05) is 24.3 Å². The molecule has 0 atom stereocenters. The number of halogens is 3. The normalized spacial score (nSPS) is 13.8. The van der Waals surface area contributed by atoms with Crippen molar-refractivity contribution in [1.29, 1.82) is 0 Å². The molecule has 0 aliphatic carbocycles. The quantitative estimate of drug-likeness (QED) is 0.468. The molecule has 3 aromatic rings. The molecule has 6 heteroatoms. The van der Waals surface area contributed by atoms with Crippen molar-refractivity contribution < 1.29 is 4.79 Å². The molecule has 148 valence electrons. The van der Waals surface area contributed by atoms with Crippen molar-refractivity contribution in [2.45, 2.75) is 19.5 Å². The molecule has 0 bridgehead atoms. The molecule has 0 saturated heterocycles. The Kier molecular flexibility index (Phi) is 6.12. The van der Waals surface area contributed by atoms with Gasteiger partial charge in [-0.05, 0) is 47.4 Å². The van der Waals surface area contributed by atoms with Crippen LogP contribution in [0.5, 0.6) is 0 Å². The van der Waals surface area contributed by atoms with Crippen molar-refractivity contribution in [3.05, 3.63) is 98.0 Å². The minimum Gasteiger partial charge on any atom is -0.321 e. The summed E-state index contributed by atoms with van der Waals surface area (Å²) in [7, 11) is 0. The fraction of sp³-hybridized carbons (Fsp3) is 0.174. The summed E-state index contributed by atoms with van der Waals surface area (Å²) in [4.78, 5) is 15.0. The maximum Gasteiger partial charge on any atom is 0.255 e. The van der Waals surface area contributed by atoms with Gasteiger partial charge in [0, 0.05) is 25.2 Å². The van der Waals surface area contributed by atoms with E-state index in [9.17, 15) is 4.79 Å². The zero-order valence-corrected chi connectivity index (χ0v) is 17.9. The minimum absolute atomic E-state index is 0.247. The number of carbonyl (C=O) groups excluding carboxylic acids is 1. The number of fused-ring (bicyclic) bond motifs is 1. The van der Waals surface area contributed by atoms with Crippen molar-refractivity contribution in [2.75, 3.05) is 11.9 Å². The van der Waals surface area contributed by atoms with Crippen molar-refractivity contribution in [2.24, 2.45) is 0 Å². The number of hydrogen-bond acceptors (Lipinski definition) is 2. The molecule has 1 N–H and O–H groups in total. The molecule has 0 saturated carbocycles. The number of hydrogen-bond donors (Lipinski definition) is 1. The predicted molar refractivity (Wildman–Crippen MR) is 120 cm³/mol. The molecular formula is C23H19Cl3N2O. The van der Waals surface area contributed by atoms with Crippen LogP contribution in [0.25, 0.3) is 0 Å². The Labute approximate surface area is 185 Å². The lowest BCUT2D eigenvalue weighted by atomic mass is 9.99. The lowest BCUT2D eigenvalue weighted by Gasteiger charge is -2.28. The highest BCUT2D eigenvalue weighted by atomic mass is 35.5. The third-order valence-electron chi connectivity index (χ3n) is 5.09. The first-order valence-corrected chi connectivity index (χ1v) is 10.5. The van der Waals surface area contributed by atoms with Gasteiger partial charge in [0.1, 0.15) is 0 Å². The van der Waals surface area contributed by atoms with Crippen LogP contribution in [0.2, 0.25) is 15.1 Å². The van der Waals surface area contributed by atoms with Gasteiger partial charge in [0.2, 0.25) is 0 Å². The average molecular weight is 446 g/mol. The summed E-state index contributed by atoms with van der Waals surface area (Å²) in [6, 6.07) is 19.3. The molecule has 0 spiro atoms. The number of nitrogens with one attached hydrogen (secondary N) is 1. The van der Waals surface area contributed by atoms with Gasteiger partial charge in [-0.25, -0.2) is 0 Å². The Bertz CT molecular complexity index is 1050. The number of carbonyl (C=O) groups is 1. The Hall–Kier alpha value is -2.04. The number of rotatable bonds is 4. The van der Waals surface area contributed by atoms with Gasteiger partial charge >= 0.3 is 0 Å². The van der Waals surface area contributed by atoms with E-state index in [4.69, 9.17) is 34.8 Å². The summed E-state index contributed by atoms with van der Waals surface area (Å²) in [5.41, 5.74) is 5.00. The van der Waals surface area contributed by atoms with Crippen LogP contribution in [0.1, 0.15) is 27.0 Å². The first-order chi connectivity index (χ1) is 14.0. The molecule has 0 aromatic heterocycles. The Morgan fingerprint density at radius 3 is 2.34 bits per heavy atom. The second-order valence-electron chi connectivity index (χ2n) is 7.13. The molecule has 3 nitrogen and oxygen atoms in total. The second-order valence-corrected chi connectivity index (χ2v) is 8.35. The standard InChI is InChI=1S/C23H19Cl3N2O/c24-19-11-21(26)22(12-20(19)25)27-23(29)17-7-5-15(6-8-17)13-28-10-9-16-3-1-2-4-18(16)14-28/h1-8,11-12H,9-10,13-14H2,(H,27,29). The summed E-state index contributed by atoms with van der Waals surface area (Å²) < 4.78 is 0. The topological polar surface area (TPSA) is 32.3 Å². The Balaban J connectivity index is 1.40. The van der Waals surface area contributed by atoms with E-state index in [2.05, 4.69) is 34.5 Å². The fourth-order valence-corrected chi connectivity index (χ4v) is 4.12. The van der Waals surface area contributed by atoms with Crippen LogP contribution in [-0.4, -0.2) is 17.4 Å². The smallest absolute Gasteiger partial charge is 0.255 e. The van der Waals surface area contributed by atoms with Crippen LogP contribution in [0.15, 0.2) is 60.7 Å². The first-order valence-electron chi connectivity index (χ1n) is 9.33. The lowest BCUT2D eigenvalue weighted by Crippen LogP contribution is -2.29. The molecule has 1 aliphatic rings. The van der Waals surface area contributed by atoms with E-state index in [1.165, 1.54) is 22.8 Å². The highest BCUT2D eigenvalue weighted by molar-refractivity contribution is 6.44. The van der Waals surface area contributed by atoms with E-state index < -0.39 is 0 Å². The molecule has 3 aromatic carbocycles. The number of amides is 1. The molecule has 0 unspecified atom stereocenters. The maximum atomic E-state index is 12.5. The van der Waals surface area contributed by atoms with Gasteiger partial charge in [0.15, 0.2) is 0 Å². The molecular weight excluding hydrogens is 427 g/mol. The van der Waals surface area contributed by atoms with Crippen molar-refractivity contribution in [3.8, 4) is 0 Å².